The Bertz CT molecular complexity index is 1040. The molecule has 2 aliphatic rings. The van der Waals surface area contributed by atoms with Gasteiger partial charge in [0.2, 0.25) is 6.29 Å². The molecule has 2 aromatic rings. The fourth-order valence-corrected chi connectivity index (χ4v) is 4.10. The molecule has 1 fully saturated rings. The maximum absolute atomic E-state index is 12.9. The number of aromatic hydroxyl groups is 1. The molecule has 0 spiro atoms. The Hall–Kier alpha value is -2.89. The van der Waals surface area contributed by atoms with Gasteiger partial charge in [0, 0.05) is 6.07 Å². The van der Waals surface area contributed by atoms with E-state index in [2.05, 4.69) is 0 Å². The summed E-state index contributed by atoms with van der Waals surface area (Å²) in [5.41, 5.74) is 1.56. The molecular formula is C23H26O10. The molecule has 4 rings (SSSR count). The summed E-state index contributed by atoms with van der Waals surface area (Å²) >= 11 is 0. The van der Waals surface area contributed by atoms with E-state index < -0.39 is 43.4 Å². The van der Waals surface area contributed by atoms with Crippen LogP contribution in [0.4, 0.5) is 0 Å². The Kier molecular flexibility index (Phi) is 6.46. The molecular weight excluding hydrogens is 436 g/mol. The number of fused-ring (bicyclic) bond motifs is 1. The molecule has 4 unspecified atom stereocenters. The monoisotopic (exact) mass is 462 g/mol. The summed E-state index contributed by atoms with van der Waals surface area (Å²) in [4.78, 5) is 12.9. The minimum absolute atomic E-state index is 0.0759. The number of phenols is 1. The summed E-state index contributed by atoms with van der Waals surface area (Å²) in [6.45, 7) is 1.13. The number of ketones is 1. The van der Waals surface area contributed by atoms with E-state index in [0.29, 0.717) is 22.4 Å². The van der Waals surface area contributed by atoms with Crippen molar-refractivity contribution in [3.05, 3.63) is 47.0 Å². The number of benzene rings is 2. The van der Waals surface area contributed by atoms with Gasteiger partial charge in [-0.3, -0.25) is 4.79 Å². The first kappa shape index (κ1) is 23.3. The van der Waals surface area contributed by atoms with E-state index in [-0.39, 0.29) is 29.5 Å². The van der Waals surface area contributed by atoms with Gasteiger partial charge in [-0.05, 0) is 36.2 Å². The summed E-state index contributed by atoms with van der Waals surface area (Å²) in [6.07, 6.45) is -7.71. The highest BCUT2D eigenvalue weighted by Gasteiger charge is 2.45. The Morgan fingerprint density at radius 1 is 1.09 bits per heavy atom. The second kappa shape index (κ2) is 9.16. The van der Waals surface area contributed by atoms with Gasteiger partial charge in [0.25, 0.3) is 0 Å². The first-order chi connectivity index (χ1) is 15.7. The lowest BCUT2D eigenvalue weighted by atomic mass is 9.93. The van der Waals surface area contributed by atoms with E-state index >= 15 is 0 Å². The lowest BCUT2D eigenvalue weighted by Gasteiger charge is -2.39. The van der Waals surface area contributed by atoms with Crippen molar-refractivity contribution in [1.29, 1.82) is 0 Å². The third-order valence-corrected chi connectivity index (χ3v) is 5.87. The molecule has 33 heavy (non-hydrogen) atoms. The predicted molar refractivity (Wildman–Crippen MR) is 113 cm³/mol. The Labute approximate surface area is 189 Å². The fraction of sp³-hybridized carbons (Fsp3) is 0.435. The minimum atomic E-state index is -1.58. The van der Waals surface area contributed by atoms with Crippen LogP contribution in [0.25, 0.3) is 0 Å². The maximum Gasteiger partial charge on any atom is 0.229 e. The number of aryl methyl sites for hydroxylation is 1. The van der Waals surface area contributed by atoms with Crippen LogP contribution in [0.15, 0.2) is 30.3 Å². The van der Waals surface area contributed by atoms with Crippen LogP contribution in [0, 0.1) is 6.92 Å². The van der Waals surface area contributed by atoms with Crippen LogP contribution in [0.1, 0.15) is 34.0 Å². The molecule has 10 heteroatoms. The zero-order chi connectivity index (χ0) is 23.9. The van der Waals surface area contributed by atoms with E-state index in [0.717, 1.165) is 0 Å². The number of hydrogen-bond donors (Lipinski definition) is 5. The quantitative estimate of drug-likeness (QED) is 0.426. The van der Waals surface area contributed by atoms with E-state index in [1.54, 1.807) is 25.1 Å². The highest BCUT2D eigenvalue weighted by Crippen LogP contribution is 2.41. The van der Waals surface area contributed by atoms with Gasteiger partial charge < -0.3 is 44.5 Å². The second-order valence-electron chi connectivity index (χ2n) is 8.09. The normalized spacial score (nSPS) is 29.2. The molecule has 10 nitrogen and oxygen atoms in total. The van der Waals surface area contributed by atoms with Crippen LogP contribution >= 0.6 is 0 Å². The van der Waals surface area contributed by atoms with Crippen molar-refractivity contribution in [3.63, 3.8) is 0 Å². The Balaban J connectivity index is 1.60. The van der Waals surface area contributed by atoms with E-state index in [1.165, 1.54) is 19.2 Å². The molecule has 0 aromatic heterocycles. The van der Waals surface area contributed by atoms with E-state index in [1.807, 2.05) is 0 Å². The topological polar surface area (TPSA) is 155 Å². The number of aliphatic hydroxyl groups excluding tert-OH is 4. The van der Waals surface area contributed by atoms with Crippen LogP contribution in [0.5, 0.6) is 23.0 Å². The van der Waals surface area contributed by atoms with Crippen LogP contribution in [0.3, 0.4) is 0 Å². The average molecular weight is 462 g/mol. The summed E-state index contributed by atoms with van der Waals surface area (Å²) in [5, 5.41) is 49.6. The molecule has 0 amide bonds. The summed E-state index contributed by atoms with van der Waals surface area (Å²) in [6, 6.07) is 7.79. The number of ether oxygens (including phenoxy) is 4. The van der Waals surface area contributed by atoms with Gasteiger partial charge in [0.15, 0.2) is 17.3 Å². The molecule has 0 saturated carbocycles. The van der Waals surface area contributed by atoms with Gasteiger partial charge in [-0.1, -0.05) is 6.07 Å². The number of aliphatic hydroxyl groups is 4. The van der Waals surface area contributed by atoms with Gasteiger partial charge in [-0.25, -0.2) is 0 Å². The number of carbonyl (C=O) groups is 1. The van der Waals surface area contributed by atoms with Gasteiger partial charge in [0.1, 0.15) is 42.0 Å². The first-order valence-corrected chi connectivity index (χ1v) is 10.4. The standard InChI is InChI=1S/C23H26O10/c1-10-5-12(31-23-22(29)21(28)20(27)18(9-24)33-23)7-17-19(10)14(26)8-16(32-17)11-3-4-15(30-2)13(25)6-11/h3-7,16,18,20-25,27-29H,8-9H2,1-2H3/t16?,18?,20-,21?,22?,23-/m1/s1. The molecule has 1 saturated heterocycles. The molecule has 2 aliphatic heterocycles. The number of phenolic OH excluding ortho intramolecular Hbond substituents is 1. The van der Waals surface area contributed by atoms with Crippen LogP contribution in [0.2, 0.25) is 0 Å². The fourth-order valence-electron chi connectivity index (χ4n) is 4.10. The Morgan fingerprint density at radius 2 is 1.85 bits per heavy atom. The summed E-state index contributed by atoms with van der Waals surface area (Å²) in [5.74, 6) is 0.529. The van der Waals surface area contributed by atoms with Gasteiger partial charge in [0.05, 0.1) is 25.7 Å². The second-order valence-corrected chi connectivity index (χ2v) is 8.09. The van der Waals surface area contributed by atoms with Crippen molar-refractivity contribution >= 4 is 5.78 Å². The van der Waals surface area contributed by atoms with Crippen molar-refractivity contribution < 1.29 is 49.3 Å². The molecule has 2 aromatic carbocycles. The third-order valence-electron chi connectivity index (χ3n) is 5.87. The van der Waals surface area contributed by atoms with Gasteiger partial charge in [-0.15, -0.1) is 0 Å². The highest BCUT2D eigenvalue weighted by atomic mass is 16.7. The van der Waals surface area contributed by atoms with Crippen molar-refractivity contribution in [2.24, 2.45) is 0 Å². The number of Topliss-reactive ketones (excluding diaryl/α,β-unsaturated/α-hetero) is 1. The van der Waals surface area contributed by atoms with Gasteiger partial charge >= 0.3 is 0 Å². The number of carbonyl (C=O) groups excluding carboxylic acids is 1. The number of hydrogen-bond acceptors (Lipinski definition) is 10. The predicted octanol–water partition coefficient (Wildman–Crippen LogP) is 0.594. The molecule has 178 valence electrons. The maximum atomic E-state index is 12.9. The highest BCUT2D eigenvalue weighted by molar-refractivity contribution is 6.01. The van der Waals surface area contributed by atoms with E-state index in [9.17, 15) is 30.3 Å². The molecule has 0 aliphatic carbocycles. The van der Waals surface area contributed by atoms with Gasteiger partial charge in [-0.2, -0.15) is 0 Å². The SMILES string of the molecule is COc1ccc(C2CC(=O)c3c(C)cc(O[C@@H]4OC(CO)[C@@H](O)C(O)C4O)cc3O2)cc1O. The Morgan fingerprint density at radius 3 is 2.52 bits per heavy atom. The van der Waals surface area contributed by atoms with Crippen molar-refractivity contribution in [2.75, 3.05) is 13.7 Å². The van der Waals surface area contributed by atoms with Crippen molar-refractivity contribution in [3.8, 4) is 23.0 Å². The summed E-state index contributed by atoms with van der Waals surface area (Å²) in [7, 11) is 1.44. The molecule has 6 atom stereocenters. The number of rotatable bonds is 5. The lowest BCUT2D eigenvalue weighted by Crippen LogP contribution is -2.60. The third kappa shape index (κ3) is 4.35. The zero-order valence-electron chi connectivity index (χ0n) is 18.0. The smallest absolute Gasteiger partial charge is 0.229 e. The van der Waals surface area contributed by atoms with Crippen LogP contribution < -0.4 is 14.2 Å². The lowest BCUT2D eigenvalue weighted by molar-refractivity contribution is -0.277. The molecule has 0 bridgehead atoms. The molecule has 0 radical (unpaired) electrons. The van der Waals surface area contributed by atoms with Crippen molar-refractivity contribution in [1.82, 2.24) is 0 Å². The molecule has 2 heterocycles. The first-order valence-electron chi connectivity index (χ1n) is 10.4. The van der Waals surface area contributed by atoms with Crippen molar-refractivity contribution in [2.45, 2.75) is 50.2 Å². The summed E-state index contributed by atoms with van der Waals surface area (Å²) < 4.78 is 22.2. The van der Waals surface area contributed by atoms with Crippen LogP contribution in [-0.2, 0) is 4.74 Å². The van der Waals surface area contributed by atoms with E-state index in [4.69, 9.17) is 18.9 Å². The zero-order valence-corrected chi connectivity index (χ0v) is 18.0. The molecule has 5 N–H and O–H groups in total. The van der Waals surface area contributed by atoms with Crippen LogP contribution in [-0.4, -0.2) is 75.7 Å². The largest absolute Gasteiger partial charge is 0.504 e. The number of methoxy groups -OCH3 is 1. The average Bonchev–Trinajstić information content (AvgIpc) is 2.78. The minimum Gasteiger partial charge on any atom is -0.504 e.